The second-order valence-corrected chi connectivity index (χ2v) is 5.41. The van der Waals surface area contributed by atoms with Gasteiger partial charge in [0.2, 0.25) is 0 Å². The number of aliphatic hydroxyl groups is 1. The molecule has 0 aliphatic heterocycles. The highest BCUT2D eigenvalue weighted by Crippen LogP contribution is 2.24. The van der Waals surface area contributed by atoms with Gasteiger partial charge in [0.05, 0.1) is 0 Å². The number of rotatable bonds is 5. The molecule has 0 saturated carbocycles. The van der Waals surface area contributed by atoms with Crippen LogP contribution in [0, 0.1) is 0 Å². The molecule has 1 aromatic heterocycles. The van der Waals surface area contributed by atoms with Crippen molar-refractivity contribution in [3.05, 3.63) is 47.3 Å². The number of halogens is 3. The smallest absolute Gasteiger partial charge is 0.379 e. The van der Waals surface area contributed by atoms with Gasteiger partial charge in [-0.3, -0.25) is 0 Å². The van der Waals surface area contributed by atoms with Gasteiger partial charge in [-0.05, 0) is 17.0 Å². The summed E-state index contributed by atoms with van der Waals surface area (Å²) in [4.78, 5) is 1.16. The molecule has 0 fully saturated rings. The fourth-order valence-corrected chi connectivity index (χ4v) is 2.52. The summed E-state index contributed by atoms with van der Waals surface area (Å²) >= 11 is 1.64. The van der Waals surface area contributed by atoms with Crippen LogP contribution in [0.3, 0.4) is 0 Å². The SMILES string of the molecule is O[C@@H](C[NH2+]Cc1ccc(-c2cccs2)cc1)C(F)(F)F. The van der Waals surface area contributed by atoms with Crippen LogP contribution >= 0.6 is 11.3 Å². The van der Waals surface area contributed by atoms with Crippen LogP contribution in [0.4, 0.5) is 13.2 Å². The lowest BCUT2D eigenvalue weighted by Gasteiger charge is -2.12. The summed E-state index contributed by atoms with van der Waals surface area (Å²) in [6, 6.07) is 11.7. The molecule has 1 atom stereocenters. The van der Waals surface area contributed by atoms with E-state index >= 15 is 0 Å². The molecule has 0 bridgehead atoms. The van der Waals surface area contributed by atoms with Crippen molar-refractivity contribution < 1.29 is 23.6 Å². The van der Waals surface area contributed by atoms with E-state index in [0.717, 1.165) is 16.0 Å². The number of hydrogen-bond acceptors (Lipinski definition) is 2. The van der Waals surface area contributed by atoms with Crippen molar-refractivity contribution in [2.75, 3.05) is 6.54 Å². The van der Waals surface area contributed by atoms with Gasteiger partial charge < -0.3 is 10.4 Å². The summed E-state index contributed by atoms with van der Waals surface area (Å²) < 4.78 is 36.3. The van der Waals surface area contributed by atoms with E-state index in [1.54, 1.807) is 11.3 Å². The quantitative estimate of drug-likeness (QED) is 0.874. The largest absolute Gasteiger partial charge is 0.419 e. The maximum absolute atomic E-state index is 12.1. The fourth-order valence-electron chi connectivity index (χ4n) is 1.79. The predicted molar refractivity (Wildman–Crippen MR) is 72.3 cm³/mol. The lowest BCUT2D eigenvalue weighted by Crippen LogP contribution is -2.85. The molecule has 0 aliphatic rings. The molecule has 108 valence electrons. The minimum atomic E-state index is -4.54. The van der Waals surface area contributed by atoms with Gasteiger partial charge in [0, 0.05) is 10.4 Å². The molecular formula is C14H15F3NOS+. The molecule has 2 rings (SSSR count). The third-order valence-electron chi connectivity index (χ3n) is 2.91. The van der Waals surface area contributed by atoms with E-state index in [-0.39, 0.29) is 6.54 Å². The molecule has 0 aliphatic carbocycles. The van der Waals surface area contributed by atoms with E-state index in [1.165, 1.54) is 5.32 Å². The van der Waals surface area contributed by atoms with Gasteiger partial charge in [-0.15, -0.1) is 11.3 Å². The molecule has 2 nitrogen and oxygen atoms in total. The average molecular weight is 302 g/mol. The summed E-state index contributed by atoms with van der Waals surface area (Å²) in [7, 11) is 0. The van der Waals surface area contributed by atoms with Crippen LogP contribution in [0.25, 0.3) is 10.4 Å². The fraction of sp³-hybridized carbons (Fsp3) is 0.286. The summed E-state index contributed by atoms with van der Waals surface area (Å²) in [5, 5.41) is 12.3. The molecular weight excluding hydrogens is 287 g/mol. The van der Waals surface area contributed by atoms with E-state index < -0.39 is 12.3 Å². The Bertz CT molecular complexity index is 522. The highest BCUT2D eigenvalue weighted by molar-refractivity contribution is 7.13. The van der Waals surface area contributed by atoms with Crippen LogP contribution in [0.1, 0.15) is 5.56 Å². The van der Waals surface area contributed by atoms with Crippen molar-refractivity contribution >= 4 is 11.3 Å². The third kappa shape index (κ3) is 4.06. The van der Waals surface area contributed by atoms with Crippen molar-refractivity contribution in [3.8, 4) is 10.4 Å². The van der Waals surface area contributed by atoms with Gasteiger partial charge >= 0.3 is 6.18 Å². The molecule has 0 radical (unpaired) electrons. The van der Waals surface area contributed by atoms with Crippen molar-refractivity contribution in [1.29, 1.82) is 0 Å². The molecule has 0 amide bonds. The van der Waals surface area contributed by atoms with E-state index in [1.807, 2.05) is 41.8 Å². The zero-order valence-electron chi connectivity index (χ0n) is 10.6. The minimum absolute atomic E-state index is 0.379. The highest BCUT2D eigenvalue weighted by Gasteiger charge is 2.39. The lowest BCUT2D eigenvalue weighted by molar-refractivity contribution is -0.680. The Labute approximate surface area is 118 Å². The van der Waals surface area contributed by atoms with E-state index in [0.29, 0.717) is 6.54 Å². The Morgan fingerprint density at radius 1 is 1.15 bits per heavy atom. The minimum Gasteiger partial charge on any atom is -0.379 e. The summed E-state index contributed by atoms with van der Waals surface area (Å²) in [6.45, 7) is 0.0358. The topological polar surface area (TPSA) is 36.8 Å². The zero-order valence-corrected chi connectivity index (χ0v) is 11.4. The molecule has 2 aromatic rings. The van der Waals surface area contributed by atoms with Crippen LogP contribution in [0.15, 0.2) is 41.8 Å². The molecule has 3 N–H and O–H groups in total. The van der Waals surface area contributed by atoms with Gasteiger partial charge in [0.25, 0.3) is 0 Å². The Morgan fingerprint density at radius 3 is 2.40 bits per heavy atom. The van der Waals surface area contributed by atoms with Crippen molar-refractivity contribution in [2.24, 2.45) is 0 Å². The number of hydrogen-bond donors (Lipinski definition) is 2. The Morgan fingerprint density at radius 2 is 1.85 bits per heavy atom. The first-order valence-corrected chi connectivity index (χ1v) is 7.04. The van der Waals surface area contributed by atoms with Crippen LogP contribution in [0.2, 0.25) is 0 Å². The highest BCUT2D eigenvalue weighted by atomic mass is 32.1. The number of thiophene rings is 1. The summed E-state index contributed by atoms with van der Waals surface area (Å²) in [5.41, 5.74) is 2.03. The monoisotopic (exact) mass is 302 g/mol. The summed E-state index contributed by atoms with van der Waals surface area (Å²) in [5.74, 6) is 0. The first-order valence-electron chi connectivity index (χ1n) is 6.16. The number of quaternary nitrogens is 1. The molecule has 6 heteroatoms. The number of nitrogens with two attached hydrogens (primary N) is 1. The van der Waals surface area contributed by atoms with Crippen molar-refractivity contribution in [2.45, 2.75) is 18.8 Å². The van der Waals surface area contributed by atoms with Gasteiger partial charge in [-0.25, -0.2) is 0 Å². The maximum atomic E-state index is 12.1. The molecule has 0 saturated heterocycles. The predicted octanol–water partition coefficient (Wildman–Crippen LogP) is 2.40. The van der Waals surface area contributed by atoms with Crippen molar-refractivity contribution in [3.63, 3.8) is 0 Å². The molecule has 1 aromatic carbocycles. The van der Waals surface area contributed by atoms with Gasteiger partial charge in [-0.1, -0.05) is 30.3 Å². The normalized spacial score (nSPS) is 13.4. The van der Waals surface area contributed by atoms with Crippen LogP contribution < -0.4 is 5.32 Å². The molecule has 20 heavy (non-hydrogen) atoms. The first kappa shape index (κ1) is 15.0. The maximum Gasteiger partial charge on any atom is 0.419 e. The van der Waals surface area contributed by atoms with Crippen LogP contribution in [-0.4, -0.2) is 23.9 Å². The third-order valence-corrected chi connectivity index (χ3v) is 3.83. The van der Waals surface area contributed by atoms with Crippen LogP contribution in [0.5, 0.6) is 0 Å². The van der Waals surface area contributed by atoms with E-state index in [4.69, 9.17) is 5.11 Å². The molecule has 0 spiro atoms. The second-order valence-electron chi connectivity index (χ2n) is 4.46. The van der Waals surface area contributed by atoms with Gasteiger partial charge in [-0.2, -0.15) is 13.2 Å². The Balaban J connectivity index is 1.86. The number of aliphatic hydroxyl groups excluding tert-OH is 1. The van der Waals surface area contributed by atoms with Crippen LogP contribution in [-0.2, 0) is 6.54 Å². The second kappa shape index (κ2) is 6.39. The Kier molecular flexibility index (Phi) is 4.80. The summed E-state index contributed by atoms with van der Waals surface area (Å²) in [6.07, 6.45) is -6.81. The van der Waals surface area contributed by atoms with E-state index in [9.17, 15) is 13.2 Å². The zero-order chi connectivity index (χ0) is 14.6. The van der Waals surface area contributed by atoms with Crippen molar-refractivity contribution in [1.82, 2.24) is 0 Å². The number of alkyl halides is 3. The first-order chi connectivity index (χ1) is 9.47. The standard InChI is InChI=1S/C14H14F3NOS/c15-14(16,17)13(19)9-18-8-10-3-5-11(6-4-10)12-2-1-7-20-12/h1-7,13,18-19H,8-9H2/p+1/t13-/m0/s1. The average Bonchev–Trinajstić information content (AvgIpc) is 2.92. The Hall–Kier alpha value is -1.37. The lowest BCUT2D eigenvalue weighted by atomic mass is 10.1. The van der Waals surface area contributed by atoms with Gasteiger partial charge in [0.1, 0.15) is 13.1 Å². The number of benzene rings is 1. The molecule has 0 unspecified atom stereocenters. The van der Waals surface area contributed by atoms with Gasteiger partial charge in [0.15, 0.2) is 6.10 Å². The molecule has 1 heterocycles. The van der Waals surface area contributed by atoms with E-state index in [2.05, 4.69) is 0 Å².